The van der Waals surface area contributed by atoms with Crippen LogP contribution in [0.1, 0.15) is 6.92 Å². The average Bonchev–Trinajstić information content (AvgIpc) is 1.82. The van der Waals surface area contributed by atoms with Crippen LogP contribution < -0.4 is 0 Å². The van der Waals surface area contributed by atoms with Gasteiger partial charge in [-0.15, -0.1) is 0 Å². The Morgan fingerprint density at radius 1 is 1.45 bits per heavy atom. The van der Waals surface area contributed by atoms with Crippen LogP contribution in [0.2, 0.25) is 0 Å². The van der Waals surface area contributed by atoms with Crippen LogP contribution in [0, 0.1) is 0 Å². The molecular weight excluding hydrogens is 144 g/mol. The summed E-state index contributed by atoms with van der Waals surface area (Å²) >= 11 is 0. The van der Waals surface area contributed by atoms with Crippen LogP contribution in [0.4, 0.5) is 0 Å². The first kappa shape index (κ1) is 10.1. The number of rotatable bonds is 3. The molecule has 0 saturated carbocycles. The lowest BCUT2D eigenvalue weighted by Gasteiger charge is -2.22. The Balaban J connectivity index is 4.10. The second kappa shape index (κ2) is 3.48. The normalized spacial score (nSPS) is 13.3. The summed E-state index contributed by atoms with van der Waals surface area (Å²) in [6.07, 6.45) is 0. The van der Waals surface area contributed by atoms with Gasteiger partial charge in [-0.25, -0.2) is 0 Å². The number of quaternary nitrogens is 1. The molecule has 1 N–H and O–H groups in total. The summed E-state index contributed by atoms with van der Waals surface area (Å²) in [7, 11) is 5.72. The van der Waals surface area contributed by atoms with E-state index in [-0.39, 0.29) is 11.5 Å². The van der Waals surface area contributed by atoms with Gasteiger partial charge in [-0.3, -0.25) is 4.79 Å². The van der Waals surface area contributed by atoms with Crippen molar-refractivity contribution in [3.8, 4) is 0 Å². The van der Waals surface area contributed by atoms with Crippen molar-refractivity contribution in [2.24, 2.45) is 5.16 Å². The number of carbonyl (C=O) groups excluding carboxylic acids is 1. The van der Waals surface area contributed by atoms with Crippen molar-refractivity contribution in [1.82, 2.24) is 0 Å². The minimum absolute atomic E-state index is 0.125. The molecule has 0 spiro atoms. The molecule has 0 amide bonds. The molecule has 64 valence electrons. The predicted octanol–water partition coefficient (Wildman–Crippen LogP) is 0.112. The molecule has 0 aliphatic heterocycles. The van der Waals surface area contributed by atoms with Crippen molar-refractivity contribution in [2.45, 2.75) is 6.92 Å². The minimum Gasteiger partial charge on any atom is -0.411 e. The van der Waals surface area contributed by atoms with E-state index in [2.05, 4.69) is 5.16 Å². The van der Waals surface area contributed by atoms with Crippen molar-refractivity contribution in [3.05, 3.63) is 0 Å². The van der Waals surface area contributed by atoms with Crippen LogP contribution in [-0.2, 0) is 4.79 Å². The molecule has 0 saturated heterocycles. The van der Waals surface area contributed by atoms with Crippen molar-refractivity contribution in [3.63, 3.8) is 0 Å². The summed E-state index contributed by atoms with van der Waals surface area (Å²) in [4.78, 5) is 11.1. The maximum Gasteiger partial charge on any atom is 0.234 e. The summed E-state index contributed by atoms with van der Waals surface area (Å²) in [5.74, 6) is -0.125. The molecule has 0 aromatic rings. The molecule has 0 atom stereocenters. The Labute approximate surface area is 66.7 Å². The Hall–Kier alpha value is -0.900. The SMILES string of the molecule is CC(=NO)C(=O)C[N+](C)(C)C. The first-order chi connectivity index (χ1) is 4.87. The lowest BCUT2D eigenvalue weighted by molar-refractivity contribution is -0.861. The zero-order valence-corrected chi connectivity index (χ0v) is 7.46. The molecule has 4 heteroatoms. The maximum absolute atomic E-state index is 11.1. The third-order valence-corrected chi connectivity index (χ3v) is 1.17. The average molecular weight is 159 g/mol. The van der Waals surface area contributed by atoms with Gasteiger partial charge in [0.15, 0.2) is 0 Å². The van der Waals surface area contributed by atoms with E-state index in [4.69, 9.17) is 5.21 Å². The predicted molar refractivity (Wildman–Crippen MR) is 42.8 cm³/mol. The maximum atomic E-state index is 11.1. The fourth-order valence-corrected chi connectivity index (χ4v) is 0.601. The van der Waals surface area contributed by atoms with E-state index in [1.165, 1.54) is 6.92 Å². The molecule has 0 rings (SSSR count). The van der Waals surface area contributed by atoms with Crippen molar-refractivity contribution < 1.29 is 14.5 Å². The number of carbonyl (C=O) groups is 1. The highest BCUT2D eigenvalue weighted by molar-refractivity contribution is 6.39. The molecule has 0 aliphatic rings. The van der Waals surface area contributed by atoms with E-state index in [0.717, 1.165) is 0 Å². The van der Waals surface area contributed by atoms with Gasteiger partial charge in [-0.05, 0) is 6.92 Å². The summed E-state index contributed by atoms with van der Waals surface area (Å²) in [6.45, 7) is 1.86. The second-order valence-corrected chi connectivity index (χ2v) is 3.56. The molecule has 0 aliphatic carbocycles. The molecule has 0 bridgehead atoms. The van der Waals surface area contributed by atoms with Crippen LogP contribution in [0.25, 0.3) is 0 Å². The minimum atomic E-state index is -0.125. The Kier molecular flexibility index (Phi) is 3.19. The monoisotopic (exact) mass is 159 g/mol. The molecule has 11 heavy (non-hydrogen) atoms. The third-order valence-electron chi connectivity index (χ3n) is 1.17. The van der Waals surface area contributed by atoms with Crippen LogP contribution in [0.15, 0.2) is 5.16 Å². The van der Waals surface area contributed by atoms with Gasteiger partial charge in [0.2, 0.25) is 5.78 Å². The highest BCUT2D eigenvalue weighted by atomic mass is 16.4. The summed E-state index contributed by atoms with van der Waals surface area (Å²) < 4.78 is 0.547. The van der Waals surface area contributed by atoms with E-state index in [1.807, 2.05) is 21.1 Å². The van der Waals surface area contributed by atoms with Crippen molar-refractivity contribution in [1.29, 1.82) is 0 Å². The molecule has 0 aromatic heterocycles. The van der Waals surface area contributed by atoms with Crippen molar-refractivity contribution >= 4 is 11.5 Å². The van der Waals surface area contributed by atoms with Crippen LogP contribution in [0.3, 0.4) is 0 Å². The first-order valence-electron chi connectivity index (χ1n) is 3.39. The Bertz CT molecular complexity index is 179. The third kappa shape index (κ3) is 4.50. The smallest absolute Gasteiger partial charge is 0.234 e. The standard InChI is InChI=1S/C7H14N2O2/c1-6(8-11)7(10)5-9(2,3)4/h5H2,1-4H3/p+1. The lowest BCUT2D eigenvalue weighted by atomic mass is 10.2. The van der Waals surface area contributed by atoms with Gasteiger partial charge >= 0.3 is 0 Å². The van der Waals surface area contributed by atoms with Gasteiger partial charge in [-0.2, -0.15) is 0 Å². The van der Waals surface area contributed by atoms with Gasteiger partial charge in [0.05, 0.1) is 21.1 Å². The highest BCUT2D eigenvalue weighted by Crippen LogP contribution is 1.91. The molecule has 4 nitrogen and oxygen atoms in total. The number of oxime groups is 1. The molecule has 0 radical (unpaired) electrons. The van der Waals surface area contributed by atoms with Gasteiger partial charge < -0.3 is 9.69 Å². The summed E-state index contributed by atoms with van der Waals surface area (Å²) in [5, 5.41) is 11.1. The fraction of sp³-hybridized carbons (Fsp3) is 0.714. The van der Waals surface area contributed by atoms with E-state index >= 15 is 0 Å². The van der Waals surface area contributed by atoms with E-state index in [9.17, 15) is 4.79 Å². The highest BCUT2D eigenvalue weighted by Gasteiger charge is 2.16. The Morgan fingerprint density at radius 3 is 2.18 bits per heavy atom. The zero-order chi connectivity index (χ0) is 9.07. The lowest BCUT2D eigenvalue weighted by Crippen LogP contribution is -2.41. The fourth-order valence-electron chi connectivity index (χ4n) is 0.601. The largest absolute Gasteiger partial charge is 0.411 e. The van der Waals surface area contributed by atoms with E-state index in [1.54, 1.807) is 0 Å². The van der Waals surface area contributed by atoms with Crippen LogP contribution in [-0.4, -0.2) is 48.9 Å². The topological polar surface area (TPSA) is 49.7 Å². The molecule has 0 heterocycles. The number of hydrogen-bond acceptors (Lipinski definition) is 3. The number of likely N-dealkylation sites (N-methyl/N-ethyl adjacent to an activating group) is 1. The summed E-state index contributed by atoms with van der Waals surface area (Å²) in [5.41, 5.74) is 0.165. The van der Waals surface area contributed by atoms with Crippen molar-refractivity contribution in [2.75, 3.05) is 27.7 Å². The molecule has 0 unspecified atom stereocenters. The Morgan fingerprint density at radius 2 is 1.91 bits per heavy atom. The molecule has 0 fully saturated rings. The van der Waals surface area contributed by atoms with Crippen LogP contribution in [0.5, 0.6) is 0 Å². The van der Waals surface area contributed by atoms with Gasteiger partial charge in [-0.1, -0.05) is 5.16 Å². The number of Topliss-reactive ketones (excluding diaryl/α,β-unsaturated/α-hetero) is 1. The number of nitrogens with zero attached hydrogens (tertiary/aromatic N) is 2. The first-order valence-corrected chi connectivity index (χ1v) is 3.39. The van der Waals surface area contributed by atoms with Crippen LogP contribution >= 0.6 is 0 Å². The van der Waals surface area contributed by atoms with Gasteiger partial charge in [0.1, 0.15) is 12.3 Å². The van der Waals surface area contributed by atoms with E-state index < -0.39 is 0 Å². The second-order valence-electron chi connectivity index (χ2n) is 3.56. The molecular formula is C7H15N2O2+. The van der Waals surface area contributed by atoms with E-state index in [0.29, 0.717) is 11.0 Å². The number of hydrogen-bond donors (Lipinski definition) is 1. The molecule has 0 aromatic carbocycles. The quantitative estimate of drug-likeness (QED) is 0.275. The van der Waals surface area contributed by atoms with Gasteiger partial charge in [0.25, 0.3) is 0 Å². The zero-order valence-electron chi connectivity index (χ0n) is 7.46. The summed E-state index contributed by atoms with van der Waals surface area (Å²) in [6, 6.07) is 0. The van der Waals surface area contributed by atoms with Gasteiger partial charge in [0, 0.05) is 0 Å². The number of ketones is 1.